The topological polar surface area (TPSA) is 33.2 Å². The number of hydrogen-bond acceptors (Lipinski definition) is 3. The predicted octanol–water partition coefficient (Wildman–Crippen LogP) is 3.97. The van der Waals surface area contributed by atoms with Gasteiger partial charge in [0.2, 0.25) is 0 Å². The summed E-state index contributed by atoms with van der Waals surface area (Å²) in [5.41, 5.74) is 2.95. The van der Waals surface area contributed by atoms with Gasteiger partial charge in [-0.25, -0.2) is 4.39 Å². The van der Waals surface area contributed by atoms with Crippen molar-refractivity contribution in [3.05, 3.63) is 71.8 Å². The number of pyridine rings is 1. The minimum absolute atomic E-state index is 0.0803. The molecule has 0 saturated heterocycles. The molecule has 1 aliphatic rings. The molecule has 1 aromatic heterocycles. The molecule has 0 fully saturated rings. The second-order valence-electron chi connectivity index (χ2n) is 6.03. The van der Waals surface area contributed by atoms with Gasteiger partial charge in [-0.2, -0.15) is 0 Å². The molecule has 0 atom stereocenters. The Morgan fingerprint density at radius 3 is 2.67 bits per heavy atom. The third kappa shape index (κ3) is 4.36. The molecule has 1 aromatic carbocycles. The first-order chi connectivity index (χ1) is 11.7. The lowest BCUT2D eigenvalue weighted by atomic mass is 10.0. The highest BCUT2D eigenvalue weighted by atomic mass is 19.1. The Labute approximate surface area is 141 Å². The number of carbonyl (C=O) groups is 1. The first-order valence-corrected chi connectivity index (χ1v) is 8.34. The van der Waals surface area contributed by atoms with Crippen LogP contribution in [0.25, 0.3) is 5.57 Å². The minimum Gasteiger partial charge on any atom is -0.299 e. The van der Waals surface area contributed by atoms with Crippen LogP contribution >= 0.6 is 0 Å². The Balaban J connectivity index is 1.44. The summed E-state index contributed by atoms with van der Waals surface area (Å²) in [4.78, 5) is 18.8. The Kier molecular flexibility index (Phi) is 5.49. The van der Waals surface area contributed by atoms with Gasteiger partial charge < -0.3 is 0 Å². The first-order valence-electron chi connectivity index (χ1n) is 8.34. The highest BCUT2D eigenvalue weighted by Crippen LogP contribution is 2.20. The summed E-state index contributed by atoms with van der Waals surface area (Å²) in [6.45, 7) is 2.79. The molecular formula is C20H21FN2O. The number of hydrogen-bond donors (Lipinski definition) is 0. The summed E-state index contributed by atoms with van der Waals surface area (Å²) < 4.78 is 12.9. The molecule has 124 valence electrons. The van der Waals surface area contributed by atoms with Crippen LogP contribution in [0.3, 0.4) is 0 Å². The van der Waals surface area contributed by atoms with Crippen LogP contribution in [0.15, 0.2) is 54.7 Å². The number of halogens is 1. The largest absolute Gasteiger partial charge is 0.299 e. The van der Waals surface area contributed by atoms with Crippen molar-refractivity contribution in [2.45, 2.75) is 19.3 Å². The van der Waals surface area contributed by atoms with E-state index in [1.807, 2.05) is 24.4 Å². The number of benzene rings is 1. The average molecular weight is 324 g/mol. The van der Waals surface area contributed by atoms with E-state index in [0.717, 1.165) is 38.2 Å². The predicted molar refractivity (Wildman–Crippen MR) is 93.2 cm³/mol. The van der Waals surface area contributed by atoms with E-state index in [0.29, 0.717) is 12.0 Å². The molecule has 1 aliphatic heterocycles. The monoisotopic (exact) mass is 324 g/mol. The summed E-state index contributed by atoms with van der Waals surface area (Å²) in [6, 6.07) is 11.8. The minimum atomic E-state index is -0.310. The molecule has 3 rings (SSSR count). The second kappa shape index (κ2) is 7.97. The van der Waals surface area contributed by atoms with E-state index in [1.54, 1.807) is 12.1 Å². The third-order valence-electron chi connectivity index (χ3n) is 4.33. The summed E-state index contributed by atoms with van der Waals surface area (Å²) in [5, 5.41) is 0. The Morgan fingerprint density at radius 1 is 1.17 bits per heavy atom. The first kappa shape index (κ1) is 16.5. The molecule has 24 heavy (non-hydrogen) atoms. The quantitative estimate of drug-likeness (QED) is 0.754. The molecule has 0 saturated carbocycles. The zero-order valence-corrected chi connectivity index (χ0v) is 13.6. The van der Waals surface area contributed by atoms with Crippen molar-refractivity contribution in [2.75, 3.05) is 19.6 Å². The van der Waals surface area contributed by atoms with Gasteiger partial charge in [0.15, 0.2) is 5.78 Å². The van der Waals surface area contributed by atoms with Gasteiger partial charge in [-0.3, -0.25) is 14.7 Å². The second-order valence-corrected chi connectivity index (χ2v) is 6.03. The zero-order valence-electron chi connectivity index (χ0n) is 13.6. The summed E-state index contributed by atoms with van der Waals surface area (Å²) >= 11 is 0. The number of nitrogens with zero attached hydrogens (tertiary/aromatic N) is 2. The van der Waals surface area contributed by atoms with Crippen LogP contribution in [0.4, 0.5) is 4.39 Å². The smallest absolute Gasteiger partial charge is 0.162 e. The molecule has 0 radical (unpaired) electrons. The number of rotatable bonds is 6. The van der Waals surface area contributed by atoms with Gasteiger partial charge in [-0.15, -0.1) is 0 Å². The molecule has 0 bridgehead atoms. The van der Waals surface area contributed by atoms with Gasteiger partial charge in [0.25, 0.3) is 0 Å². The van der Waals surface area contributed by atoms with Crippen molar-refractivity contribution in [3.8, 4) is 0 Å². The SMILES string of the molecule is O=C(CCCN1CC=C(c2ccccn2)CC1)c1ccc(F)cc1. The number of Topliss-reactive ketones (excluding diaryl/α,β-unsaturated/α-hetero) is 1. The van der Waals surface area contributed by atoms with E-state index in [4.69, 9.17) is 0 Å². The molecule has 0 amide bonds. The molecule has 4 heteroatoms. The maximum absolute atomic E-state index is 12.9. The number of ketones is 1. The normalized spacial score (nSPS) is 15.1. The van der Waals surface area contributed by atoms with E-state index < -0.39 is 0 Å². The van der Waals surface area contributed by atoms with Crippen molar-refractivity contribution in [1.82, 2.24) is 9.88 Å². The lowest BCUT2D eigenvalue weighted by molar-refractivity contribution is 0.0975. The maximum atomic E-state index is 12.9. The van der Waals surface area contributed by atoms with Crippen molar-refractivity contribution < 1.29 is 9.18 Å². The lowest BCUT2D eigenvalue weighted by Crippen LogP contribution is -2.29. The molecule has 0 spiro atoms. The summed E-state index contributed by atoms with van der Waals surface area (Å²) in [5.74, 6) is -0.230. The highest BCUT2D eigenvalue weighted by Gasteiger charge is 2.14. The van der Waals surface area contributed by atoms with E-state index in [1.165, 1.54) is 17.7 Å². The fourth-order valence-electron chi connectivity index (χ4n) is 2.94. The van der Waals surface area contributed by atoms with Crippen LogP contribution in [0, 0.1) is 5.82 Å². The fourth-order valence-corrected chi connectivity index (χ4v) is 2.94. The van der Waals surface area contributed by atoms with Crippen molar-refractivity contribution >= 4 is 11.4 Å². The Hall–Kier alpha value is -2.33. The molecule has 0 aliphatic carbocycles. The van der Waals surface area contributed by atoms with Crippen LogP contribution in [0.5, 0.6) is 0 Å². The molecule has 0 unspecified atom stereocenters. The van der Waals surface area contributed by atoms with E-state index in [2.05, 4.69) is 16.0 Å². The van der Waals surface area contributed by atoms with Crippen LogP contribution in [-0.2, 0) is 0 Å². The van der Waals surface area contributed by atoms with Crippen LogP contribution in [0.1, 0.15) is 35.3 Å². The average Bonchev–Trinajstić information content (AvgIpc) is 2.63. The lowest BCUT2D eigenvalue weighted by Gasteiger charge is -2.26. The summed E-state index contributed by atoms with van der Waals surface area (Å²) in [7, 11) is 0. The summed E-state index contributed by atoms with van der Waals surface area (Å²) in [6.07, 6.45) is 6.36. The van der Waals surface area contributed by atoms with Crippen LogP contribution in [0.2, 0.25) is 0 Å². The Bertz CT molecular complexity index is 710. The van der Waals surface area contributed by atoms with Gasteiger partial charge in [0.05, 0.1) is 5.69 Å². The standard InChI is InChI=1S/C20H21FN2O/c21-18-8-6-17(7-9-18)20(24)5-3-13-23-14-10-16(11-15-23)19-4-1-2-12-22-19/h1-2,4,6-10,12H,3,5,11,13-15H2. The molecule has 3 nitrogen and oxygen atoms in total. The highest BCUT2D eigenvalue weighted by molar-refractivity contribution is 5.95. The van der Waals surface area contributed by atoms with Gasteiger partial charge in [-0.05, 0) is 61.4 Å². The van der Waals surface area contributed by atoms with Crippen molar-refractivity contribution in [1.29, 1.82) is 0 Å². The zero-order chi connectivity index (χ0) is 16.8. The molecular weight excluding hydrogens is 303 g/mol. The van der Waals surface area contributed by atoms with Crippen LogP contribution in [-0.4, -0.2) is 35.3 Å². The van der Waals surface area contributed by atoms with Gasteiger partial charge in [0, 0.05) is 31.3 Å². The van der Waals surface area contributed by atoms with E-state index >= 15 is 0 Å². The van der Waals surface area contributed by atoms with Crippen molar-refractivity contribution in [3.63, 3.8) is 0 Å². The van der Waals surface area contributed by atoms with Gasteiger partial charge in [-0.1, -0.05) is 12.1 Å². The van der Waals surface area contributed by atoms with Crippen LogP contribution < -0.4 is 0 Å². The Morgan fingerprint density at radius 2 is 2.00 bits per heavy atom. The number of aromatic nitrogens is 1. The van der Waals surface area contributed by atoms with E-state index in [-0.39, 0.29) is 11.6 Å². The van der Waals surface area contributed by atoms with Gasteiger partial charge >= 0.3 is 0 Å². The molecule has 0 N–H and O–H groups in total. The maximum Gasteiger partial charge on any atom is 0.162 e. The fraction of sp³-hybridized carbons (Fsp3) is 0.300. The third-order valence-corrected chi connectivity index (χ3v) is 4.33. The van der Waals surface area contributed by atoms with E-state index in [9.17, 15) is 9.18 Å². The molecule has 2 aromatic rings. The van der Waals surface area contributed by atoms with Gasteiger partial charge in [0.1, 0.15) is 5.82 Å². The number of carbonyl (C=O) groups excluding carboxylic acids is 1. The van der Waals surface area contributed by atoms with Crippen molar-refractivity contribution in [2.24, 2.45) is 0 Å². The molecule has 2 heterocycles.